The molecule has 0 bridgehead atoms. The van der Waals surface area contributed by atoms with E-state index in [0.29, 0.717) is 5.92 Å². The monoisotopic (exact) mass is 380 g/mol. The minimum absolute atomic E-state index is 0. The molecule has 0 saturated heterocycles. The van der Waals surface area contributed by atoms with Gasteiger partial charge < -0.3 is 24.8 Å². The minimum Gasteiger partial charge on any atom is -1.00 e. The Balaban J connectivity index is 0.000001000. The van der Waals surface area contributed by atoms with Gasteiger partial charge in [-0.3, -0.25) is 0 Å². The topological polar surface area (TPSA) is 0 Å². The standard InChI is InChI=1S/C12H11.C5H5.2ClH.Zr/c1-2-5-10-8-9-11-6-3-4-7-12(10)11;1-2-4-5-3-1;;;/h2-4,6-7,9-10H,1,5H2;1-3H,4H2;2*1H;/q;;;;+2/p-2. The summed E-state index contributed by atoms with van der Waals surface area (Å²) in [5.74, 6) is 0.617. The summed E-state index contributed by atoms with van der Waals surface area (Å²) in [5, 5.41) is 0. The van der Waals surface area contributed by atoms with E-state index < -0.39 is 23.2 Å². The third-order valence-electron chi connectivity index (χ3n) is 3.54. The van der Waals surface area contributed by atoms with Crippen molar-refractivity contribution in [3.63, 3.8) is 0 Å². The summed E-state index contributed by atoms with van der Waals surface area (Å²) in [4.78, 5) is 0. The Labute approximate surface area is 145 Å². The van der Waals surface area contributed by atoms with E-state index in [0.717, 1.165) is 6.42 Å². The van der Waals surface area contributed by atoms with E-state index in [1.54, 1.807) is 6.56 Å². The molecule has 20 heavy (non-hydrogen) atoms. The van der Waals surface area contributed by atoms with Crippen LogP contribution < -0.4 is 24.8 Å². The molecule has 2 aliphatic carbocycles. The van der Waals surface area contributed by atoms with Crippen LogP contribution in [0.3, 0.4) is 0 Å². The number of hydrogen-bond donors (Lipinski definition) is 0. The molecule has 0 nitrogen and oxygen atoms in total. The van der Waals surface area contributed by atoms with E-state index in [4.69, 9.17) is 0 Å². The van der Waals surface area contributed by atoms with Gasteiger partial charge in [0, 0.05) is 0 Å². The van der Waals surface area contributed by atoms with Crippen molar-refractivity contribution in [2.24, 2.45) is 0 Å². The van der Waals surface area contributed by atoms with E-state index in [1.165, 1.54) is 17.5 Å². The summed E-state index contributed by atoms with van der Waals surface area (Å²) in [5.41, 5.74) is 2.95. The van der Waals surface area contributed by atoms with Gasteiger partial charge in [0.25, 0.3) is 0 Å². The summed E-state index contributed by atoms with van der Waals surface area (Å²) in [7, 11) is 0. The fourth-order valence-electron chi connectivity index (χ4n) is 2.66. The molecule has 3 rings (SSSR count). The Morgan fingerprint density at radius 3 is 2.75 bits per heavy atom. The van der Waals surface area contributed by atoms with E-state index in [1.807, 2.05) is 0 Å². The first-order chi connectivity index (χ1) is 8.88. The van der Waals surface area contributed by atoms with Crippen molar-refractivity contribution >= 4 is 6.08 Å². The van der Waals surface area contributed by atoms with Crippen LogP contribution in [0.15, 0.2) is 61.7 Å². The average molecular weight is 382 g/mol. The molecule has 0 N–H and O–H groups in total. The Morgan fingerprint density at radius 2 is 2.05 bits per heavy atom. The molecule has 0 radical (unpaired) electrons. The number of benzene rings is 1. The fourth-order valence-corrected chi connectivity index (χ4v) is 6.22. The van der Waals surface area contributed by atoms with Crippen LogP contribution in [0.25, 0.3) is 6.08 Å². The van der Waals surface area contributed by atoms with Crippen LogP contribution >= 0.6 is 0 Å². The molecule has 0 aliphatic heterocycles. The van der Waals surface area contributed by atoms with Crippen LogP contribution in [-0.4, -0.2) is 0 Å². The molecule has 0 aromatic heterocycles. The first-order valence-electron chi connectivity index (χ1n) is 6.42. The summed E-state index contributed by atoms with van der Waals surface area (Å²) >= 11 is -0.562. The third kappa shape index (κ3) is 3.64. The van der Waals surface area contributed by atoms with E-state index in [-0.39, 0.29) is 24.8 Å². The number of hydrogen-bond acceptors (Lipinski definition) is 0. The zero-order valence-electron chi connectivity index (χ0n) is 11.2. The van der Waals surface area contributed by atoms with Crippen molar-refractivity contribution in [2.75, 3.05) is 0 Å². The van der Waals surface area contributed by atoms with Crippen LogP contribution in [0.2, 0.25) is 0 Å². The number of rotatable bonds is 4. The molecular formula is C17H16Cl2Zr. The molecular weight excluding hydrogens is 366 g/mol. The van der Waals surface area contributed by atoms with E-state index >= 15 is 0 Å². The van der Waals surface area contributed by atoms with E-state index in [2.05, 4.69) is 61.2 Å². The van der Waals surface area contributed by atoms with Crippen molar-refractivity contribution < 1.29 is 48.0 Å². The second kappa shape index (κ2) is 8.18. The van der Waals surface area contributed by atoms with Gasteiger partial charge in [0.05, 0.1) is 0 Å². The second-order valence-corrected chi connectivity index (χ2v) is 8.37. The normalized spacial score (nSPS) is 18.1. The van der Waals surface area contributed by atoms with Gasteiger partial charge in [-0.1, -0.05) is 0 Å². The molecule has 0 amide bonds. The molecule has 3 heteroatoms. The molecule has 0 saturated carbocycles. The Kier molecular flexibility index (Phi) is 7.23. The van der Waals surface area contributed by atoms with Crippen LogP contribution in [0.1, 0.15) is 29.9 Å². The smallest absolute Gasteiger partial charge is 1.00 e. The molecule has 1 aromatic carbocycles. The van der Waals surface area contributed by atoms with Crippen molar-refractivity contribution in [3.05, 3.63) is 72.8 Å². The van der Waals surface area contributed by atoms with Crippen LogP contribution in [-0.2, 0) is 23.2 Å². The van der Waals surface area contributed by atoms with Gasteiger partial charge in [-0.2, -0.15) is 0 Å². The van der Waals surface area contributed by atoms with Gasteiger partial charge in [0.15, 0.2) is 0 Å². The van der Waals surface area contributed by atoms with Crippen molar-refractivity contribution in [1.29, 1.82) is 0 Å². The molecule has 1 atom stereocenters. The molecule has 0 fully saturated rings. The molecule has 1 unspecified atom stereocenters. The molecule has 102 valence electrons. The largest absolute Gasteiger partial charge is 1.00 e. The Bertz CT molecular complexity index is 570. The van der Waals surface area contributed by atoms with Crippen molar-refractivity contribution in [2.45, 2.75) is 18.8 Å². The Morgan fingerprint density at radius 1 is 1.25 bits per heavy atom. The molecule has 2 aliphatic rings. The maximum Gasteiger partial charge on any atom is -1.00 e. The van der Waals surface area contributed by atoms with Gasteiger partial charge in [-0.15, -0.1) is 0 Å². The zero-order chi connectivity index (χ0) is 12.4. The van der Waals surface area contributed by atoms with Gasteiger partial charge in [-0.25, -0.2) is 0 Å². The molecule has 0 heterocycles. The molecule has 1 aromatic rings. The zero-order valence-corrected chi connectivity index (χ0v) is 15.1. The van der Waals surface area contributed by atoms with Crippen LogP contribution in [0.4, 0.5) is 0 Å². The predicted octanol–water partition coefficient (Wildman–Crippen LogP) is -1.36. The first-order valence-corrected chi connectivity index (χ1v) is 8.88. The third-order valence-corrected chi connectivity index (χ3v) is 7.16. The van der Waals surface area contributed by atoms with E-state index in [9.17, 15) is 0 Å². The average Bonchev–Trinajstić information content (AvgIpc) is 3.00. The summed E-state index contributed by atoms with van der Waals surface area (Å²) < 4.78 is 3.42. The predicted molar refractivity (Wildman–Crippen MR) is 73.8 cm³/mol. The van der Waals surface area contributed by atoms with Gasteiger partial charge >= 0.3 is 121 Å². The summed E-state index contributed by atoms with van der Waals surface area (Å²) in [6.45, 7) is 3.93. The maximum absolute atomic E-state index is 3.93. The van der Waals surface area contributed by atoms with Gasteiger partial charge in [0.2, 0.25) is 0 Å². The number of allylic oxidation sites excluding steroid dienone is 6. The molecule has 0 spiro atoms. The van der Waals surface area contributed by atoms with Gasteiger partial charge in [0.1, 0.15) is 0 Å². The summed E-state index contributed by atoms with van der Waals surface area (Å²) in [6.07, 6.45) is 13.6. The van der Waals surface area contributed by atoms with Crippen molar-refractivity contribution in [3.8, 4) is 0 Å². The maximum atomic E-state index is 3.93. The second-order valence-electron chi connectivity index (χ2n) is 4.75. The first kappa shape index (κ1) is 17.7. The van der Waals surface area contributed by atoms with Gasteiger partial charge in [-0.05, 0) is 0 Å². The SMILES string of the molecule is C=CCC1[C]([Zr+2][C]2=CC=CC2)=Cc2ccccc21.[Cl-].[Cl-]. The number of halogens is 2. The summed E-state index contributed by atoms with van der Waals surface area (Å²) in [6, 6.07) is 8.84. The van der Waals surface area contributed by atoms with Crippen molar-refractivity contribution in [1.82, 2.24) is 0 Å². The quantitative estimate of drug-likeness (QED) is 0.564. The van der Waals surface area contributed by atoms with Crippen LogP contribution in [0, 0.1) is 0 Å². The Hall–Kier alpha value is -0.357. The van der Waals surface area contributed by atoms with Crippen LogP contribution in [0.5, 0.6) is 0 Å². The minimum atomic E-state index is -0.562. The number of fused-ring (bicyclic) bond motifs is 1. The fraction of sp³-hybridized carbons (Fsp3) is 0.176.